The van der Waals surface area contributed by atoms with Gasteiger partial charge in [-0.15, -0.1) is 0 Å². The fraction of sp³-hybridized carbons (Fsp3) is 1.00. The predicted molar refractivity (Wildman–Crippen MR) is 58.1 cm³/mol. The van der Waals surface area contributed by atoms with Gasteiger partial charge in [0, 0.05) is 0 Å². The van der Waals surface area contributed by atoms with E-state index >= 15 is 0 Å². The van der Waals surface area contributed by atoms with Gasteiger partial charge in [-0.25, -0.2) is 0 Å². The van der Waals surface area contributed by atoms with Crippen LogP contribution in [-0.4, -0.2) is 18.8 Å². The van der Waals surface area contributed by atoms with Crippen molar-refractivity contribution in [1.82, 2.24) is 0 Å². The van der Waals surface area contributed by atoms with Crippen LogP contribution in [0.15, 0.2) is 0 Å². The average Bonchev–Trinajstić information content (AvgIpc) is 2.77. The highest BCUT2D eigenvalue weighted by Crippen LogP contribution is 2.43. The van der Waals surface area contributed by atoms with Gasteiger partial charge in [-0.1, -0.05) is 12.8 Å². The van der Waals surface area contributed by atoms with Crippen molar-refractivity contribution in [1.29, 1.82) is 0 Å². The second kappa shape index (κ2) is 4.19. The van der Waals surface area contributed by atoms with Gasteiger partial charge in [0.1, 0.15) is 0 Å². The Hall–Kier alpha value is -0.0800. The van der Waals surface area contributed by atoms with E-state index in [1.165, 1.54) is 44.9 Å². The van der Waals surface area contributed by atoms with E-state index in [9.17, 15) is 0 Å². The topological polar surface area (TPSA) is 35.2 Å². The molecule has 1 heterocycles. The van der Waals surface area contributed by atoms with Gasteiger partial charge in [-0.05, 0) is 51.0 Å². The fourth-order valence-electron chi connectivity index (χ4n) is 3.13. The molecule has 0 amide bonds. The summed E-state index contributed by atoms with van der Waals surface area (Å²) in [6, 6.07) is 0. The van der Waals surface area contributed by atoms with Gasteiger partial charge in [0.05, 0.1) is 12.2 Å². The van der Waals surface area contributed by atoms with E-state index < -0.39 is 0 Å². The van der Waals surface area contributed by atoms with Gasteiger partial charge in [-0.3, -0.25) is 0 Å². The van der Waals surface area contributed by atoms with Crippen molar-refractivity contribution < 1.29 is 4.74 Å². The van der Waals surface area contributed by atoms with Crippen molar-refractivity contribution in [2.45, 2.75) is 64.1 Å². The van der Waals surface area contributed by atoms with E-state index in [0.717, 1.165) is 6.54 Å². The molecule has 2 aliphatic rings. The van der Waals surface area contributed by atoms with Crippen LogP contribution >= 0.6 is 0 Å². The first-order chi connectivity index (χ1) is 6.74. The summed E-state index contributed by atoms with van der Waals surface area (Å²) in [6.07, 6.45) is 10.1. The lowest BCUT2D eigenvalue weighted by atomic mass is 9.80. The van der Waals surface area contributed by atoms with Gasteiger partial charge in [0.2, 0.25) is 0 Å². The largest absolute Gasteiger partial charge is 0.375 e. The molecule has 2 unspecified atom stereocenters. The first-order valence-corrected chi connectivity index (χ1v) is 6.10. The van der Waals surface area contributed by atoms with Crippen LogP contribution < -0.4 is 5.73 Å². The molecule has 2 nitrogen and oxygen atoms in total. The highest BCUT2D eigenvalue weighted by Gasteiger charge is 2.36. The van der Waals surface area contributed by atoms with Crippen LogP contribution in [0.2, 0.25) is 0 Å². The lowest BCUT2D eigenvalue weighted by molar-refractivity contribution is 0.0242. The zero-order chi connectivity index (χ0) is 10.0. The minimum atomic E-state index is 0.439. The zero-order valence-corrected chi connectivity index (χ0v) is 9.30. The predicted octanol–water partition coefficient (Wildman–Crippen LogP) is 2.46. The third kappa shape index (κ3) is 2.12. The van der Waals surface area contributed by atoms with Crippen molar-refractivity contribution in [2.24, 2.45) is 11.1 Å². The highest BCUT2D eigenvalue weighted by atomic mass is 16.5. The second-order valence-electron chi connectivity index (χ2n) is 5.26. The quantitative estimate of drug-likeness (QED) is 0.754. The summed E-state index contributed by atoms with van der Waals surface area (Å²) < 4.78 is 5.89. The Morgan fingerprint density at radius 3 is 2.50 bits per heavy atom. The lowest BCUT2D eigenvalue weighted by Crippen LogP contribution is -2.31. The van der Waals surface area contributed by atoms with Gasteiger partial charge < -0.3 is 10.5 Å². The number of ether oxygens (including phenoxy) is 1. The highest BCUT2D eigenvalue weighted by molar-refractivity contribution is 4.89. The first kappa shape index (κ1) is 10.4. The van der Waals surface area contributed by atoms with Crippen LogP contribution in [0, 0.1) is 5.41 Å². The lowest BCUT2D eigenvalue weighted by Gasteiger charge is -2.30. The fourth-order valence-corrected chi connectivity index (χ4v) is 3.13. The Morgan fingerprint density at radius 1 is 1.29 bits per heavy atom. The summed E-state index contributed by atoms with van der Waals surface area (Å²) in [5, 5.41) is 0. The zero-order valence-electron chi connectivity index (χ0n) is 9.30. The monoisotopic (exact) mass is 197 g/mol. The number of hydrogen-bond acceptors (Lipinski definition) is 2. The SMILES string of the molecule is CC1CCC(CC2(CN)CCCC2)O1. The molecule has 0 radical (unpaired) electrons. The molecule has 2 atom stereocenters. The average molecular weight is 197 g/mol. The molecule has 2 fully saturated rings. The molecule has 0 aromatic heterocycles. The molecule has 1 saturated carbocycles. The molecule has 82 valence electrons. The summed E-state index contributed by atoms with van der Waals surface area (Å²) >= 11 is 0. The Kier molecular flexibility index (Phi) is 3.13. The first-order valence-electron chi connectivity index (χ1n) is 6.10. The summed E-state index contributed by atoms with van der Waals surface area (Å²) in [7, 11) is 0. The molecule has 0 spiro atoms. The van der Waals surface area contributed by atoms with Crippen molar-refractivity contribution >= 4 is 0 Å². The Labute approximate surface area is 87.2 Å². The van der Waals surface area contributed by atoms with Gasteiger partial charge >= 0.3 is 0 Å². The summed E-state index contributed by atoms with van der Waals surface area (Å²) in [6.45, 7) is 3.05. The maximum Gasteiger partial charge on any atom is 0.0585 e. The van der Waals surface area contributed by atoms with Crippen LogP contribution in [0.5, 0.6) is 0 Å². The smallest absolute Gasteiger partial charge is 0.0585 e. The third-order valence-electron chi connectivity index (χ3n) is 4.08. The van der Waals surface area contributed by atoms with Crippen LogP contribution in [0.4, 0.5) is 0 Å². The maximum atomic E-state index is 5.93. The molecular weight excluding hydrogens is 174 g/mol. The third-order valence-corrected chi connectivity index (χ3v) is 4.08. The van der Waals surface area contributed by atoms with Crippen molar-refractivity contribution in [2.75, 3.05) is 6.54 Å². The Morgan fingerprint density at radius 2 is 2.00 bits per heavy atom. The number of rotatable bonds is 3. The minimum Gasteiger partial charge on any atom is -0.375 e. The van der Waals surface area contributed by atoms with Crippen molar-refractivity contribution in [3.63, 3.8) is 0 Å². The normalized spacial score (nSPS) is 36.4. The Balaban J connectivity index is 1.88. The van der Waals surface area contributed by atoms with Crippen molar-refractivity contribution in [3.05, 3.63) is 0 Å². The van der Waals surface area contributed by atoms with Crippen LogP contribution in [0.3, 0.4) is 0 Å². The van der Waals surface area contributed by atoms with Crippen LogP contribution in [0.1, 0.15) is 51.9 Å². The van der Waals surface area contributed by atoms with E-state index in [1.807, 2.05) is 0 Å². The van der Waals surface area contributed by atoms with Crippen LogP contribution in [0.25, 0.3) is 0 Å². The molecule has 2 rings (SSSR count). The van der Waals surface area contributed by atoms with E-state index in [2.05, 4.69) is 6.92 Å². The van der Waals surface area contributed by atoms with Gasteiger partial charge in [0.25, 0.3) is 0 Å². The molecule has 2 heteroatoms. The number of hydrogen-bond donors (Lipinski definition) is 1. The molecule has 14 heavy (non-hydrogen) atoms. The molecule has 2 N–H and O–H groups in total. The van der Waals surface area contributed by atoms with E-state index in [-0.39, 0.29) is 0 Å². The van der Waals surface area contributed by atoms with Crippen molar-refractivity contribution in [3.8, 4) is 0 Å². The van der Waals surface area contributed by atoms with Gasteiger partial charge in [0.15, 0.2) is 0 Å². The minimum absolute atomic E-state index is 0.439. The molecular formula is C12H23NO. The maximum absolute atomic E-state index is 5.93. The molecule has 0 aromatic rings. The van der Waals surface area contributed by atoms with E-state index in [1.54, 1.807) is 0 Å². The van der Waals surface area contributed by atoms with Crippen LogP contribution in [-0.2, 0) is 4.74 Å². The molecule has 0 aromatic carbocycles. The van der Waals surface area contributed by atoms with Gasteiger partial charge in [-0.2, -0.15) is 0 Å². The van der Waals surface area contributed by atoms with E-state index in [4.69, 9.17) is 10.5 Å². The standard InChI is InChI=1S/C12H23NO/c1-10-4-5-11(14-10)8-12(9-13)6-2-3-7-12/h10-11H,2-9,13H2,1H3. The summed E-state index contributed by atoms with van der Waals surface area (Å²) in [4.78, 5) is 0. The molecule has 1 aliphatic heterocycles. The molecule has 1 aliphatic carbocycles. The Bertz CT molecular complexity index is 187. The molecule has 1 saturated heterocycles. The molecule has 0 bridgehead atoms. The summed E-state index contributed by atoms with van der Waals surface area (Å²) in [5.41, 5.74) is 6.37. The second-order valence-corrected chi connectivity index (χ2v) is 5.26. The number of nitrogens with two attached hydrogens (primary N) is 1. The van der Waals surface area contributed by atoms with E-state index in [0.29, 0.717) is 17.6 Å². The summed E-state index contributed by atoms with van der Waals surface area (Å²) in [5.74, 6) is 0.